The van der Waals surface area contributed by atoms with Crippen molar-refractivity contribution in [2.45, 2.75) is 61.6 Å². The predicted molar refractivity (Wildman–Crippen MR) is 168 cm³/mol. The summed E-state index contributed by atoms with van der Waals surface area (Å²) in [6.07, 6.45) is 2.60. The number of halogens is 1. The van der Waals surface area contributed by atoms with E-state index in [1.165, 1.54) is 29.2 Å². The fraction of sp³-hybridized carbons (Fsp3) is 0.538. The average molecular weight is 733 g/mol. The van der Waals surface area contributed by atoms with Gasteiger partial charge in [-0.25, -0.2) is 8.89 Å². The number of nitrogens with one attached hydrogen (secondary N) is 2. The Kier molecular flexibility index (Phi) is 10.8. The minimum Gasteiger partial charge on any atom is -0.387 e. The maximum atomic E-state index is 13.4. The van der Waals surface area contributed by atoms with Gasteiger partial charge >= 0.3 is 13.5 Å². The Morgan fingerprint density at radius 1 is 1.23 bits per heavy atom. The number of aromatic nitrogens is 5. The van der Waals surface area contributed by atoms with Crippen LogP contribution in [0, 0.1) is 0 Å². The molecule has 3 aromatic rings. The summed E-state index contributed by atoms with van der Waals surface area (Å²) in [4.78, 5) is 58.7. The molecule has 48 heavy (non-hydrogen) atoms. The van der Waals surface area contributed by atoms with Crippen molar-refractivity contribution in [1.29, 1.82) is 0 Å². The second-order valence-electron chi connectivity index (χ2n) is 11.3. The molecule has 6 N–H and O–H groups in total. The molecule has 3 aromatic heterocycles. The summed E-state index contributed by atoms with van der Waals surface area (Å²) in [7, 11) is -8.61. The molecule has 1 saturated heterocycles. The van der Waals surface area contributed by atoms with E-state index in [1.807, 2.05) is 4.72 Å². The Labute approximate surface area is 278 Å². The van der Waals surface area contributed by atoms with Crippen LogP contribution in [0.1, 0.15) is 42.3 Å². The molecule has 6 atom stereocenters. The maximum absolute atomic E-state index is 13.4. The van der Waals surface area contributed by atoms with E-state index >= 15 is 0 Å². The first-order valence-corrected chi connectivity index (χ1v) is 18.4. The number of hydrogen-bond donors (Lipinski definition) is 6. The Morgan fingerprint density at radius 2 is 1.96 bits per heavy atom. The highest BCUT2D eigenvalue weighted by molar-refractivity contribution is 7.91. The molecule has 5 rings (SSSR count). The Bertz CT molecular complexity index is 1830. The Balaban J connectivity index is 1.38. The van der Waals surface area contributed by atoms with Crippen LogP contribution in [0.2, 0.25) is 5.28 Å². The standard InChI is InChI=1S/C26H34ClN8O11PS/c1-44-13-26(47(40,41)42,24(39)34-48(2,43)33-22(38)14-6-5-9-28-10-14)45-12-17-18(36)19(37)23(46-17)35-21-16(11-29-35)20(31-25(27)32-21)30-15-7-3-4-8-15/h5-6,9-11,15,17-19,23,36-37H,3-4,7-8,12-13H2,1-2H3,(H,30,31,32)(H2,40,41,42)(H,33,34,38,39,43)/t17-,18-,19-,23-,26+,48?/m1/s1. The van der Waals surface area contributed by atoms with Gasteiger partial charge in [0.15, 0.2) is 11.9 Å². The summed E-state index contributed by atoms with van der Waals surface area (Å²) in [6.45, 7) is -1.99. The third kappa shape index (κ3) is 7.52. The topological polar surface area (TPSA) is 270 Å². The van der Waals surface area contributed by atoms with Crippen LogP contribution in [-0.4, -0.2) is 117 Å². The molecule has 0 spiro atoms. The zero-order valence-electron chi connectivity index (χ0n) is 25.6. The smallest absolute Gasteiger partial charge is 0.369 e. The van der Waals surface area contributed by atoms with Gasteiger partial charge in [-0.05, 0) is 36.6 Å². The molecular formula is C26H34ClN8O11PS. The number of amides is 2. The second kappa shape index (κ2) is 14.4. The number of pyridine rings is 1. The molecule has 2 fully saturated rings. The maximum Gasteiger partial charge on any atom is 0.369 e. The van der Waals surface area contributed by atoms with Crippen molar-refractivity contribution in [3.05, 3.63) is 41.6 Å². The number of methoxy groups -OCH3 is 1. The summed E-state index contributed by atoms with van der Waals surface area (Å²) in [5.74, 6) is -2.23. The van der Waals surface area contributed by atoms with Crippen molar-refractivity contribution in [2.75, 3.05) is 31.9 Å². The SMILES string of the molecule is COC[C@@](OC[C@H]1O[C@@H](n2ncc3c(NC4CCCC4)nc(Cl)nc32)[C@H](O)[C@@H]1O)(C(=O)N=S(C)(=O)NC(=O)c1cccnc1)P(=O)(O)O. The van der Waals surface area contributed by atoms with Crippen LogP contribution in [0.3, 0.4) is 0 Å². The molecule has 262 valence electrons. The minimum absolute atomic E-state index is 0.0235. The van der Waals surface area contributed by atoms with Gasteiger partial charge in [0.1, 0.15) is 34.0 Å². The zero-order chi connectivity index (χ0) is 34.9. The number of anilines is 1. The van der Waals surface area contributed by atoms with Gasteiger partial charge in [-0.15, -0.1) is 4.36 Å². The lowest BCUT2D eigenvalue weighted by Crippen LogP contribution is -2.48. The van der Waals surface area contributed by atoms with Crippen LogP contribution in [0.4, 0.5) is 5.82 Å². The van der Waals surface area contributed by atoms with Gasteiger partial charge in [-0.3, -0.25) is 23.9 Å². The molecule has 0 bridgehead atoms. The number of fused-ring (bicyclic) bond motifs is 1. The molecule has 2 amide bonds. The summed E-state index contributed by atoms with van der Waals surface area (Å²) in [6, 6.07) is 2.96. The molecule has 22 heteroatoms. The predicted octanol–water partition coefficient (Wildman–Crippen LogP) is 0.355. The molecule has 1 saturated carbocycles. The van der Waals surface area contributed by atoms with Crippen molar-refractivity contribution in [2.24, 2.45) is 4.36 Å². The van der Waals surface area contributed by atoms with Crippen LogP contribution >= 0.6 is 19.2 Å². The monoisotopic (exact) mass is 732 g/mol. The Hall–Kier alpha value is -3.17. The number of aliphatic hydroxyl groups excluding tert-OH is 2. The zero-order valence-corrected chi connectivity index (χ0v) is 28.0. The largest absolute Gasteiger partial charge is 0.387 e. The van der Waals surface area contributed by atoms with E-state index in [1.54, 1.807) is 0 Å². The van der Waals surface area contributed by atoms with Crippen molar-refractivity contribution in [1.82, 2.24) is 29.5 Å². The Morgan fingerprint density at radius 3 is 2.60 bits per heavy atom. The highest BCUT2D eigenvalue weighted by Crippen LogP contribution is 2.53. The first-order chi connectivity index (χ1) is 22.7. The van der Waals surface area contributed by atoms with Crippen molar-refractivity contribution in [3.8, 4) is 0 Å². The fourth-order valence-corrected chi connectivity index (χ4v) is 7.42. The van der Waals surface area contributed by atoms with Crippen LogP contribution in [0.5, 0.6) is 0 Å². The molecule has 1 aliphatic heterocycles. The van der Waals surface area contributed by atoms with Gasteiger partial charge < -0.3 is 39.5 Å². The number of carbonyl (C=O) groups excluding carboxylic acids is 2. The van der Waals surface area contributed by atoms with E-state index in [9.17, 15) is 38.4 Å². The van der Waals surface area contributed by atoms with E-state index in [0.29, 0.717) is 11.2 Å². The lowest BCUT2D eigenvalue weighted by atomic mass is 10.1. The van der Waals surface area contributed by atoms with E-state index in [2.05, 4.69) is 29.7 Å². The van der Waals surface area contributed by atoms with Crippen molar-refractivity contribution in [3.63, 3.8) is 0 Å². The quantitative estimate of drug-likeness (QED) is 0.108. The van der Waals surface area contributed by atoms with Crippen molar-refractivity contribution < 1.29 is 52.6 Å². The van der Waals surface area contributed by atoms with E-state index in [-0.39, 0.29) is 22.5 Å². The lowest BCUT2D eigenvalue weighted by Gasteiger charge is -2.31. The van der Waals surface area contributed by atoms with Gasteiger partial charge in [-0.1, -0.05) is 12.8 Å². The van der Waals surface area contributed by atoms with Gasteiger partial charge in [0, 0.05) is 31.8 Å². The molecule has 0 radical (unpaired) electrons. The second-order valence-corrected chi connectivity index (χ2v) is 15.4. The third-order valence-corrected chi connectivity index (χ3v) is 10.4. The van der Waals surface area contributed by atoms with E-state index in [4.69, 9.17) is 25.8 Å². The van der Waals surface area contributed by atoms with Crippen molar-refractivity contribution >= 4 is 57.8 Å². The van der Waals surface area contributed by atoms with Crippen LogP contribution < -0.4 is 10.0 Å². The lowest BCUT2D eigenvalue weighted by molar-refractivity contribution is -0.149. The van der Waals surface area contributed by atoms with Gasteiger partial charge in [0.25, 0.3) is 11.2 Å². The minimum atomic E-state index is -5.66. The molecule has 1 aliphatic carbocycles. The van der Waals surface area contributed by atoms with Gasteiger partial charge in [-0.2, -0.15) is 15.1 Å². The van der Waals surface area contributed by atoms with E-state index in [0.717, 1.165) is 45.2 Å². The summed E-state index contributed by atoms with van der Waals surface area (Å²) < 4.78 is 48.6. The molecular weight excluding hydrogens is 699 g/mol. The normalized spacial score (nSPS) is 24.2. The summed E-state index contributed by atoms with van der Waals surface area (Å²) in [5.41, 5.74) is 0.141. The number of nitrogens with zero attached hydrogens (tertiary/aromatic N) is 6. The first kappa shape index (κ1) is 36.1. The molecule has 2 aliphatic rings. The number of rotatable bonds is 12. The third-order valence-electron chi connectivity index (χ3n) is 7.79. The van der Waals surface area contributed by atoms with Crippen LogP contribution in [0.25, 0.3) is 11.0 Å². The van der Waals surface area contributed by atoms with E-state index < -0.39 is 72.4 Å². The summed E-state index contributed by atoms with van der Waals surface area (Å²) in [5, 5.41) is 26.5. The van der Waals surface area contributed by atoms with Gasteiger partial charge in [0.05, 0.1) is 30.4 Å². The number of ether oxygens (including phenoxy) is 3. The number of carbonyl (C=O) groups is 2. The molecule has 19 nitrogen and oxygen atoms in total. The fourth-order valence-electron chi connectivity index (χ4n) is 5.38. The average Bonchev–Trinajstić information content (AvgIpc) is 3.75. The van der Waals surface area contributed by atoms with Crippen LogP contribution in [-0.2, 0) is 33.5 Å². The van der Waals surface area contributed by atoms with Crippen LogP contribution in [0.15, 0.2) is 35.1 Å². The number of aliphatic hydroxyl groups is 2. The highest BCUT2D eigenvalue weighted by atomic mass is 35.5. The van der Waals surface area contributed by atoms with Gasteiger partial charge in [0.2, 0.25) is 5.28 Å². The first-order valence-electron chi connectivity index (χ1n) is 14.5. The molecule has 4 heterocycles. The molecule has 0 aromatic carbocycles. The highest BCUT2D eigenvalue weighted by Gasteiger charge is 2.57. The summed E-state index contributed by atoms with van der Waals surface area (Å²) >= 11 is 6.20. The molecule has 1 unspecified atom stereocenters. The number of hydrogen-bond acceptors (Lipinski definition) is 14.